The minimum Gasteiger partial charge on any atom is -0.346 e. The number of amides is 2. The number of carbonyl (C=O) groups excluding carboxylic acids is 2. The van der Waals surface area contributed by atoms with Crippen LogP contribution in [0.1, 0.15) is 44.6 Å². The molecule has 146 valence electrons. The van der Waals surface area contributed by atoms with E-state index in [1.54, 1.807) is 0 Å². The number of aromatic nitrogens is 2. The molecule has 6 heteroatoms. The Morgan fingerprint density at radius 2 is 1.75 bits per heavy atom. The Labute approximate surface area is 165 Å². The predicted molar refractivity (Wildman–Crippen MR) is 111 cm³/mol. The van der Waals surface area contributed by atoms with Gasteiger partial charge in [0.2, 0.25) is 11.8 Å². The van der Waals surface area contributed by atoms with Crippen LogP contribution < -0.4 is 10.6 Å². The van der Waals surface area contributed by atoms with Crippen molar-refractivity contribution in [3.63, 3.8) is 0 Å². The lowest BCUT2D eigenvalue weighted by atomic mass is 10.1. The molecule has 1 heterocycles. The zero-order valence-corrected chi connectivity index (χ0v) is 16.5. The van der Waals surface area contributed by atoms with E-state index in [9.17, 15) is 9.59 Å². The molecule has 28 heavy (non-hydrogen) atoms. The maximum Gasteiger partial charge on any atom is 0.244 e. The third-order valence-electron chi connectivity index (χ3n) is 4.72. The predicted octanol–water partition coefficient (Wildman–Crippen LogP) is 3.82. The van der Waals surface area contributed by atoms with Gasteiger partial charge in [-0.15, -0.1) is 0 Å². The summed E-state index contributed by atoms with van der Waals surface area (Å²) in [5.74, 6) is 0.480. The minimum absolute atomic E-state index is 0.0495. The second-order valence-electron chi connectivity index (χ2n) is 6.79. The highest BCUT2D eigenvalue weighted by Crippen LogP contribution is 2.21. The Balaban J connectivity index is 1.84. The van der Waals surface area contributed by atoms with Gasteiger partial charge in [0.05, 0.1) is 17.1 Å². The summed E-state index contributed by atoms with van der Waals surface area (Å²) >= 11 is 0. The van der Waals surface area contributed by atoms with Crippen molar-refractivity contribution >= 4 is 28.5 Å². The second-order valence-corrected chi connectivity index (χ2v) is 6.79. The monoisotopic (exact) mass is 378 g/mol. The maximum atomic E-state index is 12.7. The van der Waals surface area contributed by atoms with Crippen LogP contribution in [0.2, 0.25) is 0 Å². The van der Waals surface area contributed by atoms with Gasteiger partial charge in [-0.2, -0.15) is 0 Å². The lowest BCUT2D eigenvalue weighted by molar-refractivity contribution is -0.121. The minimum atomic E-state index is -0.295. The number of carbonyl (C=O) groups is 2. The van der Waals surface area contributed by atoms with Gasteiger partial charge in [0.15, 0.2) is 0 Å². The number of rotatable bonds is 7. The average molecular weight is 378 g/mol. The summed E-state index contributed by atoms with van der Waals surface area (Å²) in [6.07, 6.45) is 1.36. The van der Waals surface area contributed by atoms with Gasteiger partial charge in [-0.05, 0) is 43.2 Å². The van der Waals surface area contributed by atoms with Gasteiger partial charge in [-0.25, -0.2) is 4.98 Å². The number of para-hydroxylation sites is 2. The fraction of sp³-hybridized carbons (Fsp3) is 0.318. The molecule has 3 aromatic rings. The largest absolute Gasteiger partial charge is 0.346 e. The Morgan fingerprint density at radius 1 is 1.04 bits per heavy atom. The molecule has 2 amide bonds. The summed E-state index contributed by atoms with van der Waals surface area (Å²) in [6, 6.07) is 15.2. The van der Waals surface area contributed by atoms with E-state index in [2.05, 4.69) is 22.5 Å². The number of hydrogen-bond acceptors (Lipinski definition) is 3. The molecule has 0 radical (unpaired) electrons. The normalized spacial score (nSPS) is 12.0. The molecule has 0 aliphatic carbocycles. The number of aryl methyl sites for hydroxylation is 1. The number of hydrogen-bond donors (Lipinski definition) is 2. The van der Waals surface area contributed by atoms with E-state index in [1.807, 2.05) is 66.9 Å². The van der Waals surface area contributed by atoms with Crippen molar-refractivity contribution in [2.24, 2.45) is 0 Å². The summed E-state index contributed by atoms with van der Waals surface area (Å²) in [4.78, 5) is 29.1. The first-order valence-electron chi connectivity index (χ1n) is 9.65. The van der Waals surface area contributed by atoms with Crippen LogP contribution in [0.3, 0.4) is 0 Å². The van der Waals surface area contributed by atoms with Gasteiger partial charge < -0.3 is 15.2 Å². The van der Waals surface area contributed by atoms with Crippen LogP contribution in [-0.2, 0) is 22.6 Å². The lowest BCUT2D eigenvalue weighted by Crippen LogP contribution is -2.29. The molecule has 0 aliphatic rings. The molecular weight excluding hydrogens is 352 g/mol. The molecule has 1 unspecified atom stereocenters. The van der Waals surface area contributed by atoms with Crippen LogP contribution in [-0.4, -0.2) is 21.4 Å². The Bertz CT molecular complexity index is 976. The van der Waals surface area contributed by atoms with E-state index >= 15 is 0 Å². The van der Waals surface area contributed by atoms with Crippen LogP contribution in [0.5, 0.6) is 0 Å². The fourth-order valence-corrected chi connectivity index (χ4v) is 3.17. The molecule has 0 fully saturated rings. The third-order valence-corrected chi connectivity index (χ3v) is 4.72. The molecule has 1 aromatic heterocycles. The second kappa shape index (κ2) is 8.69. The summed E-state index contributed by atoms with van der Waals surface area (Å²) in [7, 11) is 0. The van der Waals surface area contributed by atoms with Crippen LogP contribution in [0.4, 0.5) is 5.69 Å². The summed E-state index contributed by atoms with van der Waals surface area (Å²) in [5.41, 5.74) is 3.66. The lowest BCUT2D eigenvalue weighted by Gasteiger charge is -2.16. The van der Waals surface area contributed by atoms with Crippen molar-refractivity contribution in [1.29, 1.82) is 0 Å². The quantitative estimate of drug-likeness (QED) is 0.656. The summed E-state index contributed by atoms with van der Waals surface area (Å²) in [6.45, 7) is 5.91. The summed E-state index contributed by atoms with van der Waals surface area (Å²) < 4.78 is 1.87. The topological polar surface area (TPSA) is 76.0 Å². The van der Waals surface area contributed by atoms with E-state index in [0.29, 0.717) is 12.2 Å². The first-order chi connectivity index (χ1) is 13.5. The van der Waals surface area contributed by atoms with E-state index in [4.69, 9.17) is 0 Å². The van der Waals surface area contributed by atoms with Crippen molar-refractivity contribution < 1.29 is 9.59 Å². The van der Waals surface area contributed by atoms with Crippen molar-refractivity contribution in [1.82, 2.24) is 14.9 Å². The molecule has 1 atom stereocenters. The Morgan fingerprint density at radius 3 is 2.43 bits per heavy atom. The van der Waals surface area contributed by atoms with Gasteiger partial charge >= 0.3 is 0 Å². The number of anilines is 1. The van der Waals surface area contributed by atoms with Crippen LogP contribution in [0.15, 0.2) is 48.5 Å². The van der Waals surface area contributed by atoms with Gasteiger partial charge in [-0.1, -0.05) is 38.1 Å². The molecule has 0 bridgehead atoms. The van der Waals surface area contributed by atoms with Gasteiger partial charge in [0.1, 0.15) is 12.4 Å². The zero-order chi connectivity index (χ0) is 20.1. The molecule has 0 saturated carbocycles. The van der Waals surface area contributed by atoms with Crippen molar-refractivity contribution in [2.45, 2.75) is 46.2 Å². The van der Waals surface area contributed by atoms with Crippen molar-refractivity contribution in [3.05, 3.63) is 59.9 Å². The maximum absolute atomic E-state index is 12.7. The number of nitrogens with one attached hydrogen (secondary N) is 2. The first-order valence-corrected chi connectivity index (χ1v) is 9.65. The van der Waals surface area contributed by atoms with E-state index in [0.717, 1.165) is 23.1 Å². The van der Waals surface area contributed by atoms with E-state index in [-0.39, 0.29) is 24.4 Å². The highest BCUT2D eigenvalue weighted by Gasteiger charge is 2.19. The van der Waals surface area contributed by atoms with E-state index in [1.165, 1.54) is 5.56 Å². The number of fused-ring (bicyclic) bond motifs is 1. The number of nitrogens with zero attached hydrogens (tertiary/aromatic N) is 2. The third kappa shape index (κ3) is 4.39. The molecule has 0 saturated heterocycles. The van der Waals surface area contributed by atoms with Crippen LogP contribution >= 0.6 is 0 Å². The van der Waals surface area contributed by atoms with Gasteiger partial charge in [-0.3, -0.25) is 9.59 Å². The summed E-state index contributed by atoms with van der Waals surface area (Å²) in [5, 5.41) is 5.87. The van der Waals surface area contributed by atoms with Gasteiger partial charge in [0, 0.05) is 12.1 Å². The molecule has 2 aromatic carbocycles. The molecule has 0 aliphatic heterocycles. The molecule has 2 N–H and O–H groups in total. The highest BCUT2D eigenvalue weighted by atomic mass is 16.2. The Hall–Kier alpha value is -3.15. The first kappa shape index (κ1) is 19.6. The van der Waals surface area contributed by atoms with Crippen molar-refractivity contribution in [3.8, 4) is 0 Å². The number of imidazole rings is 1. The average Bonchev–Trinajstić information content (AvgIpc) is 3.07. The van der Waals surface area contributed by atoms with Crippen LogP contribution in [0, 0.1) is 0 Å². The smallest absolute Gasteiger partial charge is 0.244 e. The number of benzene rings is 2. The fourth-order valence-electron chi connectivity index (χ4n) is 3.17. The molecule has 3 rings (SSSR count). The standard InChI is InChI=1S/C22H26N4O2/c1-4-16-10-12-17(13-11-16)24-21(28)14-26-19-9-7-6-8-18(19)25-22(26)15(3)23-20(27)5-2/h6-13,15H,4-5,14H2,1-3H3,(H,23,27)(H,24,28). The van der Waals surface area contributed by atoms with Gasteiger partial charge in [0.25, 0.3) is 0 Å². The molecular formula is C22H26N4O2. The molecule has 6 nitrogen and oxygen atoms in total. The van der Waals surface area contributed by atoms with E-state index < -0.39 is 0 Å². The SMILES string of the molecule is CCC(=O)NC(C)c1nc2ccccc2n1CC(=O)Nc1ccc(CC)cc1. The zero-order valence-electron chi connectivity index (χ0n) is 16.5. The highest BCUT2D eigenvalue weighted by molar-refractivity contribution is 5.91. The van der Waals surface area contributed by atoms with Crippen molar-refractivity contribution in [2.75, 3.05) is 5.32 Å². The van der Waals surface area contributed by atoms with Crippen LogP contribution in [0.25, 0.3) is 11.0 Å². The molecule has 0 spiro atoms. The Kier molecular flexibility index (Phi) is 6.09.